The van der Waals surface area contributed by atoms with Gasteiger partial charge in [0.25, 0.3) is 0 Å². The molecule has 0 amide bonds. The Morgan fingerprint density at radius 2 is 0.885 bits per heavy atom. The largest absolute Gasteiger partial charge is 0.460 e. The summed E-state index contributed by atoms with van der Waals surface area (Å²) in [6.07, 6.45) is 1.86. The highest BCUT2D eigenvalue weighted by Crippen LogP contribution is 2.46. The molecule has 0 aliphatic rings. The minimum absolute atomic E-state index is 0.774. The summed E-state index contributed by atoms with van der Waals surface area (Å²) in [6, 6.07) is 63.2. The molecule has 0 N–H and O–H groups in total. The predicted octanol–water partition coefficient (Wildman–Crippen LogP) is 14.5. The number of rotatable bonds is 4. The molecule has 0 saturated carbocycles. The Bertz CT molecular complexity index is 3120. The van der Waals surface area contributed by atoms with Crippen molar-refractivity contribution >= 4 is 65.2 Å². The molecule has 0 fully saturated rings. The van der Waals surface area contributed by atoms with Crippen LogP contribution in [-0.2, 0) is 0 Å². The molecule has 0 unspecified atom stereocenters. The second-order valence-corrected chi connectivity index (χ2v) is 13.6. The number of fused-ring (bicyclic) bond motifs is 8. The maximum absolute atomic E-state index is 6.73. The highest BCUT2D eigenvalue weighted by Gasteiger charge is 2.20. The van der Waals surface area contributed by atoms with E-state index in [4.69, 9.17) is 8.83 Å². The van der Waals surface area contributed by atoms with E-state index in [2.05, 4.69) is 176 Å². The fourth-order valence-corrected chi connectivity index (χ4v) is 8.30. The molecule has 0 bridgehead atoms. The maximum Gasteiger partial charge on any atom is 0.178 e. The van der Waals surface area contributed by atoms with E-state index in [0.717, 1.165) is 49.6 Å². The molecular formula is C50H30O2. The first-order valence-corrected chi connectivity index (χ1v) is 17.7. The van der Waals surface area contributed by atoms with Gasteiger partial charge in [-0.1, -0.05) is 140 Å². The van der Waals surface area contributed by atoms with E-state index in [1.54, 1.807) is 0 Å². The zero-order valence-electron chi connectivity index (χ0n) is 28.1. The van der Waals surface area contributed by atoms with E-state index in [9.17, 15) is 0 Å². The average Bonchev–Trinajstić information content (AvgIpc) is 3.82. The Morgan fingerprint density at radius 1 is 0.308 bits per heavy atom. The smallest absolute Gasteiger partial charge is 0.178 e. The SMILES string of the molecule is c1ccc(-c2cccc(-c3c4ccccc4c(-c4ccc5c(c4)oc4c5ccc5c(-c6ccc7ccccc7c6)coc54)c4ccccc34)c2)cc1. The van der Waals surface area contributed by atoms with Crippen LogP contribution >= 0.6 is 0 Å². The normalized spacial score (nSPS) is 11.8. The van der Waals surface area contributed by atoms with Crippen LogP contribution in [0.4, 0.5) is 0 Å². The van der Waals surface area contributed by atoms with E-state index in [1.165, 1.54) is 60.1 Å². The maximum atomic E-state index is 6.73. The number of furan rings is 2. The predicted molar refractivity (Wildman–Crippen MR) is 218 cm³/mol. The third kappa shape index (κ3) is 4.38. The number of hydrogen-bond donors (Lipinski definition) is 0. The van der Waals surface area contributed by atoms with Crippen molar-refractivity contribution in [2.75, 3.05) is 0 Å². The Morgan fingerprint density at radius 3 is 1.63 bits per heavy atom. The van der Waals surface area contributed by atoms with E-state index in [1.807, 2.05) is 6.26 Å². The van der Waals surface area contributed by atoms with Gasteiger partial charge in [-0.2, -0.15) is 0 Å². The fraction of sp³-hybridized carbons (Fsp3) is 0. The van der Waals surface area contributed by atoms with Crippen LogP contribution in [0.2, 0.25) is 0 Å². The monoisotopic (exact) mass is 662 g/mol. The van der Waals surface area contributed by atoms with Gasteiger partial charge in [-0.15, -0.1) is 0 Å². The quantitative estimate of drug-likeness (QED) is 0.175. The van der Waals surface area contributed by atoms with Gasteiger partial charge in [0.05, 0.1) is 6.26 Å². The van der Waals surface area contributed by atoms with Gasteiger partial charge in [-0.05, 0) is 108 Å². The van der Waals surface area contributed by atoms with Crippen molar-refractivity contribution in [3.05, 3.63) is 182 Å². The lowest BCUT2D eigenvalue weighted by atomic mass is 9.85. The number of benzene rings is 9. The standard InChI is InChI=1S/C50H30O2/c1-2-11-31(12-3-1)34-15-10-16-36(28-34)47-39-17-6-8-19-41(39)48(42-20-9-7-18-40(42)47)37-23-24-38-43-25-26-44-45(30-51-49(44)50(43)52-46(38)29-37)35-22-21-32-13-4-5-14-33(32)27-35/h1-30H. The van der Waals surface area contributed by atoms with Gasteiger partial charge < -0.3 is 8.83 Å². The molecular weight excluding hydrogens is 633 g/mol. The molecule has 0 spiro atoms. The molecule has 0 atom stereocenters. The van der Waals surface area contributed by atoms with Crippen molar-refractivity contribution in [3.8, 4) is 44.5 Å². The molecule has 0 aliphatic heterocycles. The van der Waals surface area contributed by atoms with Crippen LogP contribution in [0, 0.1) is 0 Å². The molecule has 2 heteroatoms. The van der Waals surface area contributed by atoms with Gasteiger partial charge in [-0.3, -0.25) is 0 Å². The van der Waals surface area contributed by atoms with Crippen molar-refractivity contribution < 1.29 is 8.83 Å². The summed E-state index contributed by atoms with van der Waals surface area (Å²) in [7, 11) is 0. The van der Waals surface area contributed by atoms with E-state index in [-0.39, 0.29) is 0 Å². The molecule has 2 nitrogen and oxygen atoms in total. The minimum atomic E-state index is 0.774. The van der Waals surface area contributed by atoms with Crippen LogP contribution < -0.4 is 0 Å². The summed E-state index contributed by atoms with van der Waals surface area (Å²) in [5.41, 5.74) is 11.8. The minimum Gasteiger partial charge on any atom is -0.460 e. The zero-order valence-corrected chi connectivity index (χ0v) is 28.1. The molecule has 2 aromatic heterocycles. The van der Waals surface area contributed by atoms with Crippen LogP contribution in [0.3, 0.4) is 0 Å². The lowest BCUT2D eigenvalue weighted by Crippen LogP contribution is -1.91. The highest BCUT2D eigenvalue weighted by atomic mass is 16.4. The van der Waals surface area contributed by atoms with Gasteiger partial charge in [-0.25, -0.2) is 0 Å². The first-order valence-electron chi connectivity index (χ1n) is 17.7. The summed E-state index contributed by atoms with van der Waals surface area (Å²) < 4.78 is 13.0. The summed E-state index contributed by atoms with van der Waals surface area (Å²) in [6.45, 7) is 0. The average molecular weight is 663 g/mol. The van der Waals surface area contributed by atoms with E-state index < -0.39 is 0 Å². The molecule has 9 aromatic carbocycles. The van der Waals surface area contributed by atoms with Crippen molar-refractivity contribution in [1.29, 1.82) is 0 Å². The van der Waals surface area contributed by atoms with Crippen molar-refractivity contribution in [2.24, 2.45) is 0 Å². The molecule has 11 aromatic rings. The molecule has 11 rings (SSSR count). The third-order valence-electron chi connectivity index (χ3n) is 10.7. The lowest BCUT2D eigenvalue weighted by molar-refractivity contribution is 0.600. The van der Waals surface area contributed by atoms with Gasteiger partial charge in [0.1, 0.15) is 5.58 Å². The second kappa shape index (κ2) is 11.3. The van der Waals surface area contributed by atoms with Crippen molar-refractivity contribution in [3.63, 3.8) is 0 Å². The Labute approximate surface area is 299 Å². The zero-order chi connectivity index (χ0) is 34.2. The van der Waals surface area contributed by atoms with Crippen LogP contribution in [-0.4, -0.2) is 0 Å². The molecule has 242 valence electrons. The molecule has 0 aliphatic carbocycles. The Balaban J connectivity index is 1.09. The fourth-order valence-electron chi connectivity index (χ4n) is 8.30. The lowest BCUT2D eigenvalue weighted by Gasteiger charge is -2.18. The van der Waals surface area contributed by atoms with E-state index in [0.29, 0.717) is 0 Å². The van der Waals surface area contributed by atoms with Crippen molar-refractivity contribution in [1.82, 2.24) is 0 Å². The summed E-state index contributed by atoms with van der Waals surface area (Å²) >= 11 is 0. The molecule has 2 heterocycles. The summed E-state index contributed by atoms with van der Waals surface area (Å²) in [5.74, 6) is 0. The van der Waals surface area contributed by atoms with Gasteiger partial charge >= 0.3 is 0 Å². The summed E-state index contributed by atoms with van der Waals surface area (Å²) in [5, 5.41) is 10.5. The summed E-state index contributed by atoms with van der Waals surface area (Å²) in [4.78, 5) is 0. The second-order valence-electron chi connectivity index (χ2n) is 13.6. The van der Waals surface area contributed by atoms with Gasteiger partial charge in [0.2, 0.25) is 0 Å². The molecule has 0 saturated heterocycles. The van der Waals surface area contributed by atoms with Gasteiger partial charge in [0, 0.05) is 21.7 Å². The van der Waals surface area contributed by atoms with Crippen molar-refractivity contribution in [2.45, 2.75) is 0 Å². The topological polar surface area (TPSA) is 26.3 Å². The molecule has 0 radical (unpaired) electrons. The molecule has 52 heavy (non-hydrogen) atoms. The highest BCUT2D eigenvalue weighted by molar-refractivity contribution is 6.22. The first kappa shape index (κ1) is 28.9. The van der Waals surface area contributed by atoms with Crippen LogP contribution in [0.15, 0.2) is 191 Å². The van der Waals surface area contributed by atoms with Crippen LogP contribution in [0.25, 0.3) is 110 Å². The Kier molecular flexibility index (Phi) is 6.28. The Hall–Kier alpha value is -6.90. The number of hydrogen-bond acceptors (Lipinski definition) is 2. The van der Waals surface area contributed by atoms with Crippen LogP contribution in [0.5, 0.6) is 0 Å². The van der Waals surface area contributed by atoms with E-state index >= 15 is 0 Å². The third-order valence-corrected chi connectivity index (χ3v) is 10.7. The first-order chi connectivity index (χ1) is 25.8. The van der Waals surface area contributed by atoms with Gasteiger partial charge in [0.15, 0.2) is 11.2 Å². The van der Waals surface area contributed by atoms with Crippen LogP contribution in [0.1, 0.15) is 0 Å².